The van der Waals surface area contributed by atoms with Crippen LogP contribution in [0.15, 0.2) is 6.07 Å². The average molecular weight is 223 g/mol. The van der Waals surface area contributed by atoms with Crippen LogP contribution in [0.2, 0.25) is 0 Å². The zero-order chi connectivity index (χ0) is 11.9. The summed E-state index contributed by atoms with van der Waals surface area (Å²) < 4.78 is 2.01. The normalized spacial score (nSPS) is 22.2. The lowest BCUT2D eigenvalue weighted by Gasteiger charge is -2.37. The molecule has 1 unspecified atom stereocenters. The van der Waals surface area contributed by atoms with Crippen LogP contribution in [0.3, 0.4) is 0 Å². The Bertz CT molecular complexity index is 378. The summed E-state index contributed by atoms with van der Waals surface area (Å²) >= 11 is 0. The number of aliphatic hydroxyl groups is 1. The van der Waals surface area contributed by atoms with Crippen molar-refractivity contribution < 1.29 is 5.11 Å². The molecule has 0 amide bonds. The Balaban J connectivity index is 2.40. The van der Waals surface area contributed by atoms with Gasteiger partial charge in [-0.1, -0.05) is 6.92 Å². The molecule has 4 nitrogen and oxygen atoms in total. The van der Waals surface area contributed by atoms with Crippen LogP contribution in [0, 0.1) is 0 Å². The molecule has 16 heavy (non-hydrogen) atoms. The molecular formula is C12H21N3O. The number of hydrogen-bond acceptors (Lipinski definition) is 3. The topological polar surface area (TPSA) is 41.3 Å². The Kier molecular flexibility index (Phi) is 2.80. The second-order valence-electron chi connectivity index (χ2n) is 5.29. The van der Waals surface area contributed by atoms with E-state index >= 15 is 0 Å². The molecule has 1 aliphatic rings. The minimum absolute atomic E-state index is 0.0431. The summed E-state index contributed by atoms with van der Waals surface area (Å²) in [5.41, 5.74) is 1.58. The lowest BCUT2D eigenvalue weighted by atomic mass is 9.97. The van der Waals surface area contributed by atoms with E-state index in [1.165, 1.54) is 5.69 Å². The molecule has 1 aromatic heterocycles. The van der Waals surface area contributed by atoms with Gasteiger partial charge in [-0.05, 0) is 33.4 Å². The van der Waals surface area contributed by atoms with Crippen molar-refractivity contribution in [2.75, 3.05) is 13.6 Å². The Hall–Kier alpha value is -0.870. The number of likely N-dealkylation sites (N-methyl/N-ethyl adjacent to an activating group) is 1. The molecular weight excluding hydrogens is 202 g/mol. The van der Waals surface area contributed by atoms with Gasteiger partial charge >= 0.3 is 0 Å². The highest BCUT2D eigenvalue weighted by atomic mass is 16.3. The molecule has 0 saturated heterocycles. The van der Waals surface area contributed by atoms with Gasteiger partial charge < -0.3 is 5.11 Å². The van der Waals surface area contributed by atoms with E-state index < -0.39 is 5.60 Å². The minimum Gasteiger partial charge on any atom is -0.388 e. The van der Waals surface area contributed by atoms with Gasteiger partial charge in [-0.15, -0.1) is 0 Å². The third kappa shape index (κ3) is 1.99. The van der Waals surface area contributed by atoms with Crippen LogP contribution in [0.25, 0.3) is 0 Å². The summed E-state index contributed by atoms with van der Waals surface area (Å²) in [6.07, 6.45) is 0.947. The van der Waals surface area contributed by atoms with E-state index in [4.69, 9.17) is 0 Å². The first kappa shape index (κ1) is 11.6. The van der Waals surface area contributed by atoms with Crippen molar-refractivity contribution in [3.05, 3.63) is 17.5 Å². The predicted molar refractivity (Wildman–Crippen MR) is 63.3 cm³/mol. The van der Waals surface area contributed by atoms with Crippen molar-refractivity contribution in [2.24, 2.45) is 0 Å². The fraction of sp³-hybridized carbons (Fsp3) is 0.750. The fourth-order valence-corrected chi connectivity index (χ4v) is 2.29. The lowest BCUT2D eigenvalue weighted by molar-refractivity contribution is -0.00736. The van der Waals surface area contributed by atoms with Crippen molar-refractivity contribution in [2.45, 2.75) is 45.4 Å². The number of hydrogen-bond donors (Lipinski definition) is 1. The third-order valence-corrected chi connectivity index (χ3v) is 3.25. The quantitative estimate of drug-likeness (QED) is 0.819. The molecule has 2 heterocycles. The van der Waals surface area contributed by atoms with Gasteiger partial charge in [-0.25, -0.2) is 0 Å². The van der Waals surface area contributed by atoms with Gasteiger partial charge in [0.25, 0.3) is 0 Å². The molecule has 1 aliphatic heterocycles. The Morgan fingerprint density at radius 2 is 2.25 bits per heavy atom. The van der Waals surface area contributed by atoms with Crippen molar-refractivity contribution >= 4 is 0 Å². The molecule has 0 fully saturated rings. The maximum atomic E-state index is 10.2. The smallest absolute Gasteiger partial charge is 0.0930 e. The van der Waals surface area contributed by atoms with Crippen molar-refractivity contribution in [3.63, 3.8) is 0 Å². The summed E-state index contributed by atoms with van der Waals surface area (Å²) in [6.45, 7) is 7.58. The standard InChI is InChI=1S/C12H21N3O/c1-5-9-6-10-7-14(4)8-11(12(2,3)16)15(10)13-9/h6,11,16H,5,7-8H2,1-4H3. The van der Waals surface area contributed by atoms with Crippen LogP contribution >= 0.6 is 0 Å². The van der Waals surface area contributed by atoms with Gasteiger partial charge in [0.2, 0.25) is 0 Å². The highest BCUT2D eigenvalue weighted by Gasteiger charge is 2.35. The highest BCUT2D eigenvalue weighted by Crippen LogP contribution is 2.29. The number of rotatable bonds is 2. The minimum atomic E-state index is -0.736. The average Bonchev–Trinajstić information content (AvgIpc) is 2.57. The van der Waals surface area contributed by atoms with Gasteiger partial charge in [0, 0.05) is 13.1 Å². The molecule has 0 spiro atoms. The number of aromatic nitrogens is 2. The Morgan fingerprint density at radius 3 is 2.81 bits per heavy atom. The van der Waals surface area contributed by atoms with Crippen LogP contribution in [0.4, 0.5) is 0 Å². The molecule has 0 radical (unpaired) electrons. The lowest BCUT2D eigenvalue weighted by Crippen LogP contribution is -2.45. The van der Waals surface area contributed by atoms with Crippen molar-refractivity contribution in [1.82, 2.24) is 14.7 Å². The van der Waals surface area contributed by atoms with Gasteiger partial charge in [-0.2, -0.15) is 5.10 Å². The number of nitrogens with zero attached hydrogens (tertiary/aromatic N) is 3. The summed E-state index contributed by atoms with van der Waals surface area (Å²) in [4.78, 5) is 2.24. The van der Waals surface area contributed by atoms with E-state index in [0.717, 1.165) is 25.2 Å². The highest BCUT2D eigenvalue weighted by molar-refractivity contribution is 5.14. The molecule has 0 aliphatic carbocycles. The Morgan fingerprint density at radius 1 is 1.56 bits per heavy atom. The van der Waals surface area contributed by atoms with E-state index in [0.29, 0.717) is 0 Å². The van der Waals surface area contributed by atoms with Gasteiger partial charge in [-0.3, -0.25) is 9.58 Å². The number of fused-ring (bicyclic) bond motifs is 1. The summed E-state index contributed by atoms with van der Waals surface area (Å²) in [6, 6.07) is 2.19. The summed E-state index contributed by atoms with van der Waals surface area (Å²) in [7, 11) is 2.08. The van der Waals surface area contributed by atoms with Gasteiger partial charge in [0.15, 0.2) is 0 Å². The van der Waals surface area contributed by atoms with E-state index in [1.807, 2.05) is 18.5 Å². The first-order valence-electron chi connectivity index (χ1n) is 5.90. The zero-order valence-corrected chi connectivity index (χ0v) is 10.6. The van der Waals surface area contributed by atoms with E-state index in [9.17, 15) is 5.11 Å². The zero-order valence-electron chi connectivity index (χ0n) is 10.6. The Labute approximate surface area is 96.9 Å². The van der Waals surface area contributed by atoms with Gasteiger partial charge in [0.05, 0.1) is 23.0 Å². The molecule has 1 atom stereocenters. The van der Waals surface area contributed by atoms with Crippen LogP contribution in [-0.2, 0) is 13.0 Å². The van der Waals surface area contributed by atoms with Crippen LogP contribution in [-0.4, -0.2) is 39.0 Å². The van der Waals surface area contributed by atoms with Gasteiger partial charge in [0.1, 0.15) is 0 Å². The first-order valence-corrected chi connectivity index (χ1v) is 5.90. The molecule has 0 bridgehead atoms. The van der Waals surface area contributed by atoms with Crippen LogP contribution < -0.4 is 0 Å². The monoisotopic (exact) mass is 223 g/mol. The molecule has 2 rings (SSSR count). The summed E-state index contributed by atoms with van der Waals surface area (Å²) in [5.74, 6) is 0. The molecule has 4 heteroatoms. The first-order chi connectivity index (χ1) is 7.41. The maximum absolute atomic E-state index is 10.2. The van der Waals surface area contributed by atoms with E-state index in [2.05, 4.69) is 30.0 Å². The largest absolute Gasteiger partial charge is 0.388 e. The maximum Gasteiger partial charge on any atom is 0.0930 e. The molecule has 1 aromatic rings. The predicted octanol–water partition coefficient (Wildman–Crippen LogP) is 1.20. The van der Waals surface area contributed by atoms with Crippen LogP contribution in [0.5, 0.6) is 0 Å². The SMILES string of the molecule is CCc1cc2n(n1)C(C(C)(C)O)CN(C)C2. The molecule has 90 valence electrons. The molecule has 0 aromatic carbocycles. The van der Waals surface area contributed by atoms with E-state index in [1.54, 1.807) is 0 Å². The number of aryl methyl sites for hydroxylation is 1. The van der Waals surface area contributed by atoms with Crippen LogP contribution in [0.1, 0.15) is 38.2 Å². The fourth-order valence-electron chi connectivity index (χ4n) is 2.29. The second kappa shape index (κ2) is 3.86. The van der Waals surface area contributed by atoms with E-state index in [-0.39, 0.29) is 6.04 Å². The second-order valence-corrected chi connectivity index (χ2v) is 5.29. The van der Waals surface area contributed by atoms with Crippen molar-refractivity contribution in [1.29, 1.82) is 0 Å². The van der Waals surface area contributed by atoms with Crippen molar-refractivity contribution in [3.8, 4) is 0 Å². The third-order valence-electron chi connectivity index (χ3n) is 3.25. The summed E-state index contributed by atoms with van der Waals surface area (Å²) in [5, 5.41) is 14.8. The molecule has 1 N–H and O–H groups in total. The molecule has 0 saturated carbocycles.